The molecule has 1 aliphatic rings. The van der Waals surface area contributed by atoms with E-state index in [1.54, 1.807) is 4.90 Å². The van der Waals surface area contributed by atoms with Crippen molar-refractivity contribution in [2.45, 2.75) is 18.4 Å². The molecule has 28 heavy (non-hydrogen) atoms. The van der Waals surface area contributed by atoms with Gasteiger partial charge in [-0.1, -0.05) is 6.07 Å². The summed E-state index contributed by atoms with van der Waals surface area (Å²) in [4.78, 5) is 15.1. The fraction of sp³-hybridized carbons (Fsp3) is 0.421. The van der Waals surface area contributed by atoms with E-state index < -0.39 is 15.8 Å². The van der Waals surface area contributed by atoms with Gasteiger partial charge in [0.15, 0.2) is 12.3 Å². The van der Waals surface area contributed by atoms with E-state index in [9.17, 15) is 17.6 Å². The number of furan rings is 1. The van der Waals surface area contributed by atoms with Crippen LogP contribution in [0.25, 0.3) is 0 Å². The number of rotatable bonds is 6. The van der Waals surface area contributed by atoms with Gasteiger partial charge in [-0.15, -0.1) is 0 Å². The molecule has 7 nitrogen and oxygen atoms in total. The number of halogens is 1. The Labute approximate surface area is 164 Å². The topological polar surface area (TPSA) is 75.3 Å². The minimum Gasteiger partial charge on any atom is -0.460 e. The number of benzene rings is 1. The summed E-state index contributed by atoms with van der Waals surface area (Å²) in [6, 6.07) is 8.77. The minimum absolute atomic E-state index is 0.0245. The molecular weight excluding hydrogens is 385 g/mol. The number of amides is 1. The van der Waals surface area contributed by atoms with Crippen molar-refractivity contribution in [1.29, 1.82) is 0 Å². The molecule has 0 saturated carbocycles. The summed E-state index contributed by atoms with van der Waals surface area (Å²) in [7, 11) is -1.84. The van der Waals surface area contributed by atoms with Gasteiger partial charge in [0.05, 0.1) is 11.9 Å². The zero-order valence-corrected chi connectivity index (χ0v) is 16.8. The van der Waals surface area contributed by atoms with Crippen molar-refractivity contribution >= 4 is 15.9 Å². The van der Waals surface area contributed by atoms with E-state index in [1.807, 2.05) is 26.1 Å². The largest absolute Gasteiger partial charge is 0.460 e. The van der Waals surface area contributed by atoms with Gasteiger partial charge in [0.25, 0.3) is 5.91 Å². The highest BCUT2D eigenvalue weighted by atomic mass is 32.2. The van der Waals surface area contributed by atoms with Gasteiger partial charge in [-0.05, 0) is 37.3 Å². The SMILES string of the molecule is Cc1ccc(C[NH+](C)CC(=O)N2CCN(S(=O)(=O)c3cccc(F)c3)CC2)o1. The fourth-order valence-corrected chi connectivity index (χ4v) is 4.72. The molecule has 1 aromatic carbocycles. The van der Waals surface area contributed by atoms with Gasteiger partial charge < -0.3 is 14.2 Å². The molecule has 1 N–H and O–H groups in total. The van der Waals surface area contributed by atoms with Gasteiger partial charge in [-0.25, -0.2) is 12.8 Å². The molecule has 3 rings (SSSR count). The molecule has 1 fully saturated rings. The Balaban J connectivity index is 1.53. The van der Waals surface area contributed by atoms with Crippen molar-refractivity contribution in [3.05, 3.63) is 53.7 Å². The van der Waals surface area contributed by atoms with Crippen LogP contribution in [0.4, 0.5) is 4.39 Å². The Bertz CT molecular complexity index is 936. The molecule has 0 aliphatic carbocycles. The number of quaternary nitrogens is 1. The maximum atomic E-state index is 13.4. The second-order valence-corrected chi connectivity index (χ2v) is 9.00. The third-order valence-electron chi connectivity index (χ3n) is 4.75. The molecule has 2 aromatic rings. The number of likely N-dealkylation sites (N-methyl/N-ethyl adjacent to an activating group) is 1. The molecule has 1 atom stereocenters. The Morgan fingerprint density at radius 1 is 1.18 bits per heavy atom. The lowest BCUT2D eigenvalue weighted by molar-refractivity contribution is -0.886. The second kappa shape index (κ2) is 8.42. The predicted molar refractivity (Wildman–Crippen MR) is 101 cm³/mol. The van der Waals surface area contributed by atoms with E-state index in [2.05, 4.69) is 0 Å². The lowest BCUT2D eigenvalue weighted by atomic mass is 10.3. The van der Waals surface area contributed by atoms with Gasteiger partial charge in [0.2, 0.25) is 10.0 Å². The van der Waals surface area contributed by atoms with Crippen LogP contribution in [0.3, 0.4) is 0 Å². The van der Waals surface area contributed by atoms with Crippen LogP contribution in [0, 0.1) is 12.7 Å². The summed E-state index contributed by atoms with van der Waals surface area (Å²) in [6.45, 7) is 3.81. The van der Waals surface area contributed by atoms with E-state index >= 15 is 0 Å². The van der Waals surface area contributed by atoms with Crippen LogP contribution in [0.5, 0.6) is 0 Å². The molecule has 1 saturated heterocycles. The summed E-state index contributed by atoms with van der Waals surface area (Å²) >= 11 is 0. The van der Waals surface area contributed by atoms with Crippen molar-refractivity contribution in [1.82, 2.24) is 9.21 Å². The number of sulfonamides is 1. The third-order valence-corrected chi connectivity index (χ3v) is 6.64. The smallest absolute Gasteiger partial charge is 0.277 e. The number of piperazine rings is 1. The first kappa shape index (κ1) is 20.5. The van der Waals surface area contributed by atoms with Crippen LogP contribution in [-0.4, -0.2) is 63.3 Å². The quantitative estimate of drug-likeness (QED) is 0.742. The van der Waals surface area contributed by atoms with Crippen LogP contribution in [-0.2, 0) is 21.4 Å². The molecule has 9 heteroatoms. The van der Waals surface area contributed by atoms with Gasteiger partial charge in [0, 0.05) is 26.2 Å². The number of hydrogen-bond donors (Lipinski definition) is 1. The van der Waals surface area contributed by atoms with Crippen LogP contribution in [0.15, 0.2) is 45.7 Å². The van der Waals surface area contributed by atoms with Crippen molar-refractivity contribution in [2.75, 3.05) is 39.8 Å². The van der Waals surface area contributed by atoms with Crippen LogP contribution >= 0.6 is 0 Å². The summed E-state index contributed by atoms with van der Waals surface area (Å²) in [5.41, 5.74) is 0. The van der Waals surface area contributed by atoms with E-state index in [-0.39, 0.29) is 23.9 Å². The lowest BCUT2D eigenvalue weighted by Gasteiger charge is -2.34. The monoisotopic (exact) mass is 410 g/mol. The third kappa shape index (κ3) is 4.78. The summed E-state index contributed by atoms with van der Waals surface area (Å²) in [6.07, 6.45) is 0. The Hall–Kier alpha value is -2.23. The van der Waals surface area contributed by atoms with Crippen molar-refractivity contribution in [2.24, 2.45) is 0 Å². The molecule has 1 unspecified atom stereocenters. The van der Waals surface area contributed by atoms with Gasteiger partial charge in [-0.2, -0.15) is 4.31 Å². The normalized spacial score (nSPS) is 16.9. The number of nitrogens with zero attached hydrogens (tertiary/aromatic N) is 2. The number of aryl methyl sites for hydroxylation is 1. The maximum Gasteiger partial charge on any atom is 0.277 e. The highest BCUT2D eigenvalue weighted by Gasteiger charge is 2.31. The number of nitrogens with one attached hydrogen (secondary N) is 1. The average Bonchev–Trinajstić information content (AvgIpc) is 3.06. The van der Waals surface area contributed by atoms with Gasteiger partial charge >= 0.3 is 0 Å². The minimum atomic E-state index is -3.76. The number of carbonyl (C=O) groups excluding carboxylic acids is 1. The summed E-state index contributed by atoms with van der Waals surface area (Å²) < 4.78 is 45.5. The van der Waals surface area contributed by atoms with Gasteiger partial charge in [-0.3, -0.25) is 4.79 Å². The molecule has 1 amide bonds. The Morgan fingerprint density at radius 2 is 1.89 bits per heavy atom. The van der Waals surface area contributed by atoms with Crippen LogP contribution < -0.4 is 4.90 Å². The second-order valence-electron chi connectivity index (χ2n) is 7.07. The lowest BCUT2D eigenvalue weighted by Crippen LogP contribution is -3.08. The highest BCUT2D eigenvalue weighted by Crippen LogP contribution is 2.18. The molecule has 152 valence electrons. The zero-order chi connectivity index (χ0) is 20.3. The van der Waals surface area contributed by atoms with Crippen LogP contribution in [0.1, 0.15) is 11.5 Å². The number of carbonyl (C=O) groups is 1. The molecule has 0 spiro atoms. The van der Waals surface area contributed by atoms with Crippen LogP contribution in [0.2, 0.25) is 0 Å². The number of hydrogen-bond acceptors (Lipinski definition) is 4. The van der Waals surface area contributed by atoms with E-state index in [0.717, 1.165) is 22.5 Å². The molecule has 0 radical (unpaired) electrons. The first-order valence-electron chi connectivity index (χ1n) is 9.16. The summed E-state index contributed by atoms with van der Waals surface area (Å²) in [5, 5.41) is 0. The summed E-state index contributed by atoms with van der Waals surface area (Å²) in [5.74, 6) is 1.05. The molecule has 1 aromatic heterocycles. The van der Waals surface area contributed by atoms with E-state index in [1.165, 1.54) is 22.5 Å². The van der Waals surface area contributed by atoms with Crippen molar-refractivity contribution in [3.63, 3.8) is 0 Å². The zero-order valence-electron chi connectivity index (χ0n) is 16.0. The van der Waals surface area contributed by atoms with Gasteiger partial charge in [0.1, 0.15) is 18.1 Å². The predicted octanol–water partition coefficient (Wildman–Crippen LogP) is 0.275. The Morgan fingerprint density at radius 3 is 2.50 bits per heavy atom. The molecule has 0 bridgehead atoms. The fourth-order valence-electron chi connectivity index (χ4n) is 3.26. The molecule has 1 aliphatic heterocycles. The highest BCUT2D eigenvalue weighted by molar-refractivity contribution is 7.89. The van der Waals surface area contributed by atoms with Crippen molar-refractivity contribution in [3.8, 4) is 0 Å². The Kier molecular flexibility index (Phi) is 6.17. The average molecular weight is 410 g/mol. The van der Waals surface area contributed by atoms with E-state index in [0.29, 0.717) is 26.2 Å². The van der Waals surface area contributed by atoms with E-state index in [4.69, 9.17) is 4.42 Å². The first-order chi connectivity index (χ1) is 13.3. The maximum absolute atomic E-state index is 13.4. The standard InChI is InChI=1S/C19H24FN3O4S/c1-15-6-7-17(27-15)13-21(2)14-19(24)22-8-10-23(11-9-22)28(25,26)18-5-3-4-16(20)12-18/h3-7,12H,8-11,13-14H2,1-2H3/p+1. The first-order valence-corrected chi connectivity index (χ1v) is 10.6. The molecule has 2 heterocycles. The molecular formula is C19H25FN3O4S+. The van der Waals surface area contributed by atoms with Crippen molar-refractivity contribution < 1.29 is 26.9 Å².